The maximum absolute atomic E-state index is 5.44. The van der Waals surface area contributed by atoms with Gasteiger partial charge in [-0.05, 0) is 49.7 Å². The number of aryl methyl sites for hydroxylation is 2. The summed E-state index contributed by atoms with van der Waals surface area (Å²) < 4.78 is 0. The Morgan fingerprint density at radius 2 is 2.11 bits per heavy atom. The summed E-state index contributed by atoms with van der Waals surface area (Å²) in [5, 5.41) is 4.13. The molecule has 3 nitrogen and oxygen atoms in total. The largest absolute Gasteiger partial charge is 0.349 e. The first kappa shape index (κ1) is 13.3. The highest BCUT2D eigenvalue weighted by Gasteiger charge is 2.22. The summed E-state index contributed by atoms with van der Waals surface area (Å²) in [6.45, 7) is 9.29. The molecule has 4 heteroatoms. The van der Waals surface area contributed by atoms with Crippen LogP contribution in [0.4, 0.5) is 5.69 Å². The van der Waals surface area contributed by atoms with Gasteiger partial charge in [0.05, 0.1) is 13.3 Å². The molecule has 0 saturated carbocycles. The lowest BCUT2D eigenvalue weighted by Crippen LogP contribution is -2.56. The zero-order valence-electron chi connectivity index (χ0n) is 11.4. The predicted octanol–water partition coefficient (Wildman–Crippen LogP) is 2.62. The van der Waals surface area contributed by atoms with Crippen molar-refractivity contribution in [1.29, 1.82) is 0 Å². The minimum absolute atomic E-state index is 0.830. The number of nitrogens with one attached hydrogen (secondary N) is 1. The molecule has 0 aliphatic carbocycles. The van der Waals surface area contributed by atoms with E-state index in [2.05, 4.69) is 54.1 Å². The number of hydrogen-bond donors (Lipinski definition) is 1. The van der Waals surface area contributed by atoms with Gasteiger partial charge in [0.25, 0.3) is 0 Å². The fourth-order valence-corrected chi connectivity index (χ4v) is 2.47. The van der Waals surface area contributed by atoms with E-state index in [1.807, 2.05) is 0 Å². The number of rotatable bonds is 3. The van der Waals surface area contributed by atoms with Crippen molar-refractivity contribution in [3.05, 3.63) is 29.3 Å². The van der Waals surface area contributed by atoms with E-state index in [-0.39, 0.29) is 0 Å². The Kier molecular flexibility index (Phi) is 4.19. The molecule has 1 heterocycles. The molecule has 1 aliphatic rings. The molecule has 1 aliphatic heterocycles. The molecule has 1 aromatic carbocycles. The van der Waals surface area contributed by atoms with E-state index in [4.69, 9.17) is 12.2 Å². The molecular formula is C14H21N3S. The molecule has 1 N–H and O–H groups in total. The fraction of sp³-hybridized carbons (Fsp3) is 0.500. The zero-order chi connectivity index (χ0) is 13.1. The van der Waals surface area contributed by atoms with Crippen LogP contribution in [0.1, 0.15) is 24.5 Å². The van der Waals surface area contributed by atoms with Gasteiger partial charge >= 0.3 is 0 Å². The van der Waals surface area contributed by atoms with Crippen molar-refractivity contribution in [1.82, 2.24) is 10.2 Å². The Morgan fingerprint density at radius 3 is 2.83 bits per heavy atom. The number of nitrogens with zero attached hydrogens (tertiary/aromatic N) is 2. The Hall–Kier alpha value is -1.13. The van der Waals surface area contributed by atoms with Crippen LogP contribution in [0, 0.1) is 13.8 Å². The van der Waals surface area contributed by atoms with Crippen molar-refractivity contribution >= 4 is 23.0 Å². The van der Waals surface area contributed by atoms with Crippen molar-refractivity contribution in [2.24, 2.45) is 0 Å². The third-order valence-electron chi connectivity index (χ3n) is 3.24. The molecule has 0 atom stereocenters. The lowest BCUT2D eigenvalue weighted by atomic mass is 10.1. The number of benzene rings is 1. The average Bonchev–Trinajstić information content (AvgIpc) is 2.35. The molecule has 18 heavy (non-hydrogen) atoms. The topological polar surface area (TPSA) is 18.5 Å². The summed E-state index contributed by atoms with van der Waals surface area (Å²) in [4.78, 5) is 4.56. The highest BCUT2D eigenvalue weighted by molar-refractivity contribution is 7.80. The van der Waals surface area contributed by atoms with Gasteiger partial charge in [0.1, 0.15) is 0 Å². The molecular weight excluding hydrogens is 242 g/mol. The molecule has 1 fully saturated rings. The van der Waals surface area contributed by atoms with Crippen molar-refractivity contribution in [3.63, 3.8) is 0 Å². The molecule has 0 amide bonds. The second-order valence-electron chi connectivity index (χ2n) is 4.89. The van der Waals surface area contributed by atoms with Crippen molar-refractivity contribution < 1.29 is 0 Å². The van der Waals surface area contributed by atoms with Gasteiger partial charge < -0.3 is 10.2 Å². The minimum Gasteiger partial charge on any atom is -0.349 e. The van der Waals surface area contributed by atoms with E-state index in [9.17, 15) is 0 Å². The molecule has 0 radical (unpaired) electrons. The van der Waals surface area contributed by atoms with Crippen LogP contribution < -0.4 is 10.2 Å². The molecule has 0 bridgehead atoms. The lowest BCUT2D eigenvalue weighted by Gasteiger charge is -2.38. The Labute approximate surface area is 115 Å². The summed E-state index contributed by atoms with van der Waals surface area (Å²) in [7, 11) is 0. The van der Waals surface area contributed by atoms with Crippen LogP contribution in [-0.4, -0.2) is 29.9 Å². The number of thiocarbonyl (C=S) groups is 1. The SMILES string of the molecule is CCCN1CNC(=S)N(c2cc(C)ccc2C)C1. The van der Waals surface area contributed by atoms with E-state index in [1.165, 1.54) is 16.8 Å². The second-order valence-corrected chi connectivity index (χ2v) is 5.28. The van der Waals surface area contributed by atoms with Gasteiger partial charge in [0.15, 0.2) is 5.11 Å². The van der Waals surface area contributed by atoms with Gasteiger partial charge in [-0.15, -0.1) is 0 Å². The normalized spacial score (nSPS) is 16.8. The molecule has 1 saturated heterocycles. The van der Waals surface area contributed by atoms with Gasteiger partial charge in [-0.3, -0.25) is 4.90 Å². The molecule has 2 rings (SSSR count). The zero-order valence-corrected chi connectivity index (χ0v) is 12.2. The van der Waals surface area contributed by atoms with Crippen LogP contribution in [0.25, 0.3) is 0 Å². The van der Waals surface area contributed by atoms with Crippen LogP contribution in [0.15, 0.2) is 18.2 Å². The summed E-state index contributed by atoms with van der Waals surface area (Å²) in [5.41, 5.74) is 3.75. The average molecular weight is 263 g/mol. The molecule has 0 unspecified atom stereocenters. The Balaban J connectivity index is 2.24. The minimum atomic E-state index is 0.830. The summed E-state index contributed by atoms with van der Waals surface area (Å²) in [6, 6.07) is 6.51. The first-order valence-corrected chi connectivity index (χ1v) is 6.87. The quantitative estimate of drug-likeness (QED) is 0.845. The smallest absolute Gasteiger partial charge is 0.175 e. The van der Waals surface area contributed by atoms with Gasteiger partial charge in [0, 0.05) is 12.2 Å². The maximum Gasteiger partial charge on any atom is 0.175 e. The van der Waals surface area contributed by atoms with Gasteiger partial charge in [-0.1, -0.05) is 19.1 Å². The second kappa shape index (κ2) is 5.67. The summed E-state index contributed by atoms with van der Waals surface area (Å²) in [6.07, 6.45) is 1.16. The van der Waals surface area contributed by atoms with Crippen molar-refractivity contribution in [2.45, 2.75) is 27.2 Å². The predicted molar refractivity (Wildman–Crippen MR) is 80.9 cm³/mol. The van der Waals surface area contributed by atoms with Crippen LogP contribution in [0.5, 0.6) is 0 Å². The van der Waals surface area contributed by atoms with E-state index in [0.29, 0.717) is 0 Å². The fourth-order valence-electron chi connectivity index (χ4n) is 2.25. The lowest BCUT2D eigenvalue weighted by molar-refractivity contribution is 0.261. The maximum atomic E-state index is 5.44. The highest BCUT2D eigenvalue weighted by atomic mass is 32.1. The molecule has 98 valence electrons. The Morgan fingerprint density at radius 1 is 1.33 bits per heavy atom. The number of anilines is 1. The van der Waals surface area contributed by atoms with E-state index >= 15 is 0 Å². The standard InChI is InChI=1S/C14H21N3S/c1-4-7-16-9-15-14(18)17(10-16)13-8-11(2)5-6-12(13)3/h5-6,8H,4,7,9-10H2,1-3H3,(H,15,18). The van der Waals surface area contributed by atoms with Crippen LogP contribution in [0.2, 0.25) is 0 Å². The highest BCUT2D eigenvalue weighted by Crippen LogP contribution is 2.23. The van der Waals surface area contributed by atoms with E-state index < -0.39 is 0 Å². The third kappa shape index (κ3) is 2.82. The van der Waals surface area contributed by atoms with Crippen LogP contribution in [0.3, 0.4) is 0 Å². The molecule has 0 aromatic heterocycles. The molecule has 1 aromatic rings. The molecule has 0 spiro atoms. The first-order chi connectivity index (χ1) is 8.61. The van der Waals surface area contributed by atoms with Gasteiger partial charge in [-0.2, -0.15) is 0 Å². The van der Waals surface area contributed by atoms with Gasteiger partial charge in [0.2, 0.25) is 0 Å². The Bertz CT molecular complexity index is 445. The van der Waals surface area contributed by atoms with Crippen LogP contribution in [-0.2, 0) is 0 Å². The van der Waals surface area contributed by atoms with E-state index in [1.54, 1.807) is 0 Å². The van der Waals surface area contributed by atoms with Gasteiger partial charge in [-0.25, -0.2) is 0 Å². The first-order valence-electron chi connectivity index (χ1n) is 6.46. The summed E-state index contributed by atoms with van der Waals surface area (Å²) >= 11 is 5.44. The number of hydrogen-bond acceptors (Lipinski definition) is 2. The van der Waals surface area contributed by atoms with Crippen molar-refractivity contribution in [2.75, 3.05) is 24.8 Å². The van der Waals surface area contributed by atoms with E-state index in [0.717, 1.165) is 31.4 Å². The third-order valence-corrected chi connectivity index (χ3v) is 3.60. The summed E-state index contributed by atoms with van der Waals surface area (Å²) in [5.74, 6) is 0. The van der Waals surface area contributed by atoms with Crippen molar-refractivity contribution in [3.8, 4) is 0 Å². The monoisotopic (exact) mass is 263 g/mol. The van der Waals surface area contributed by atoms with Crippen LogP contribution >= 0.6 is 12.2 Å².